The number of rotatable bonds is 4. The third-order valence-electron chi connectivity index (χ3n) is 2.65. The highest BCUT2D eigenvalue weighted by molar-refractivity contribution is 5.91. The predicted molar refractivity (Wildman–Crippen MR) is 77.4 cm³/mol. The first-order valence-corrected chi connectivity index (χ1v) is 5.80. The highest BCUT2D eigenvalue weighted by atomic mass is 16.2. The summed E-state index contributed by atoms with van der Waals surface area (Å²) in [6.45, 7) is 5.57. The van der Waals surface area contributed by atoms with Crippen molar-refractivity contribution in [3.8, 4) is 0 Å². The van der Waals surface area contributed by atoms with Gasteiger partial charge in [-0.1, -0.05) is 18.7 Å². The molecule has 0 spiro atoms. The van der Waals surface area contributed by atoms with Gasteiger partial charge in [0.05, 0.1) is 0 Å². The summed E-state index contributed by atoms with van der Waals surface area (Å²) in [6, 6.07) is 7.79. The molecule has 0 saturated heterocycles. The van der Waals surface area contributed by atoms with Crippen molar-refractivity contribution in [3.05, 3.63) is 48.7 Å². The van der Waals surface area contributed by atoms with Crippen molar-refractivity contribution >= 4 is 17.2 Å². The molecular formula is C15H20N2O. The van der Waals surface area contributed by atoms with Crippen molar-refractivity contribution in [2.45, 2.75) is 6.92 Å². The molecule has 96 valence electrons. The summed E-state index contributed by atoms with van der Waals surface area (Å²) in [5.41, 5.74) is 2.81. The molecule has 0 aliphatic heterocycles. The van der Waals surface area contributed by atoms with Gasteiger partial charge in [0.15, 0.2) is 0 Å². The van der Waals surface area contributed by atoms with Crippen LogP contribution in [0.4, 0.5) is 5.69 Å². The van der Waals surface area contributed by atoms with Gasteiger partial charge in [-0.3, -0.25) is 4.79 Å². The normalized spacial score (nSPS) is 10.4. The van der Waals surface area contributed by atoms with E-state index >= 15 is 0 Å². The molecule has 0 heterocycles. The monoisotopic (exact) mass is 244 g/mol. The summed E-state index contributed by atoms with van der Waals surface area (Å²) in [4.78, 5) is 14.9. The minimum atomic E-state index is 0.0154. The molecule has 3 nitrogen and oxygen atoms in total. The average Bonchev–Trinajstić information content (AvgIpc) is 2.34. The van der Waals surface area contributed by atoms with Gasteiger partial charge in [0.25, 0.3) is 0 Å². The second kappa shape index (κ2) is 6.05. The lowest BCUT2D eigenvalue weighted by atomic mass is 10.1. The lowest BCUT2D eigenvalue weighted by Crippen LogP contribution is -2.22. The molecule has 1 aromatic carbocycles. The van der Waals surface area contributed by atoms with Crippen LogP contribution >= 0.6 is 0 Å². The zero-order valence-corrected chi connectivity index (χ0v) is 11.5. The summed E-state index contributed by atoms with van der Waals surface area (Å²) >= 11 is 0. The van der Waals surface area contributed by atoms with Gasteiger partial charge < -0.3 is 9.80 Å². The fourth-order valence-corrected chi connectivity index (χ4v) is 1.43. The Morgan fingerprint density at radius 3 is 2.50 bits per heavy atom. The summed E-state index contributed by atoms with van der Waals surface area (Å²) in [7, 11) is 5.69. The molecular weight excluding hydrogens is 224 g/mol. The molecule has 18 heavy (non-hydrogen) atoms. The summed E-state index contributed by atoms with van der Waals surface area (Å²) < 4.78 is 0. The van der Waals surface area contributed by atoms with Gasteiger partial charge in [-0.15, -0.1) is 0 Å². The van der Waals surface area contributed by atoms with Crippen molar-refractivity contribution in [2.75, 3.05) is 26.0 Å². The Morgan fingerprint density at radius 2 is 1.94 bits per heavy atom. The van der Waals surface area contributed by atoms with Crippen LogP contribution in [0.1, 0.15) is 12.5 Å². The Bertz CT molecular complexity index is 475. The number of nitrogens with zero attached hydrogens (tertiary/aromatic N) is 2. The van der Waals surface area contributed by atoms with E-state index < -0.39 is 0 Å². The van der Waals surface area contributed by atoms with Crippen molar-refractivity contribution < 1.29 is 4.79 Å². The van der Waals surface area contributed by atoms with Gasteiger partial charge in [-0.25, -0.2) is 0 Å². The summed E-state index contributed by atoms with van der Waals surface area (Å²) in [5.74, 6) is 0.0154. The number of carbonyl (C=O) groups is 1. The van der Waals surface area contributed by atoms with Gasteiger partial charge >= 0.3 is 0 Å². The lowest BCUT2D eigenvalue weighted by Gasteiger charge is -2.16. The molecule has 0 aliphatic rings. The number of anilines is 1. The smallest absolute Gasteiger partial charge is 0.223 e. The molecule has 0 atom stereocenters. The lowest BCUT2D eigenvalue weighted by molar-refractivity contribution is -0.116. The molecule has 0 unspecified atom stereocenters. The van der Waals surface area contributed by atoms with Crippen LogP contribution in [0.2, 0.25) is 0 Å². The Hall–Kier alpha value is -2.03. The maximum atomic E-state index is 11.3. The maximum absolute atomic E-state index is 11.3. The highest BCUT2D eigenvalue weighted by Crippen LogP contribution is 2.20. The molecule has 0 fully saturated rings. The van der Waals surface area contributed by atoms with Crippen molar-refractivity contribution in [1.82, 2.24) is 4.90 Å². The van der Waals surface area contributed by atoms with Gasteiger partial charge in [-0.05, 0) is 35.5 Å². The molecule has 0 saturated carbocycles. The van der Waals surface area contributed by atoms with E-state index in [2.05, 4.69) is 6.58 Å². The van der Waals surface area contributed by atoms with E-state index in [9.17, 15) is 4.79 Å². The topological polar surface area (TPSA) is 23.6 Å². The minimum Gasteiger partial charge on any atom is -0.383 e. The van der Waals surface area contributed by atoms with E-state index in [-0.39, 0.29) is 5.91 Å². The van der Waals surface area contributed by atoms with Gasteiger partial charge in [0.2, 0.25) is 5.91 Å². The Balaban J connectivity index is 2.95. The molecule has 0 N–H and O–H groups in total. The van der Waals surface area contributed by atoms with Gasteiger partial charge in [0, 0.05) is 33.8 Å². The van der Waals surface area contributed by atoms with Crippen molar-refractivity contribution in [2.24, 2.45) is 0 Å². The van der Waals surface area contributed by atoms with E-state index in [1.807, 2.05) is 55.5 Å². The van der Waals surface area contributed by atoms with Gasteiger partial charge in [0.1, 0.15) is 0 Å². The first-order chi connectivity index (χ1) is 8.41. The van der Waals surface area contributed by atoms with Crippen LogP contribution in [-0.2, 0) is 4.79 Å². The molecule has 1 rings (SSSR count). The third kappa shape index (κ3) is 3.77. The molecule has 0 bridgehead atoms. The zero-order valence-electron chi connectivity index (χ0n) is 11.5. The van der Waals surface area contributed by atoms with Crippen molar-refractivity contribution in [3.63, 3.8) is 0 Å². The molecule has 3 heteroatoms. The SMILES string of the molecule is C=C(/C=C/N(C)C)c1cccc(N(C)C(C)=O)c1. The van der Waals surface area contributed by atoms with Crippen molar-refractivity contribution in [1.29, 1.82) is 0 Å². The predicted octanol–water partition coefficient (Wildman–Crippen LogP) is 2.76. The fourth-order valence-electron chi connectivity index (χ4n) is 1.43. The summed E-state index contributed by atoms with van der Waals surface area (Å²) in [5, 5.41) is 0. The van der Waals surface area contributed by atoms with Crippen LogP contribution in [0.25, 0.3) is 5.57 Å². The van der Waals surface area contributed by atoms with Crippen LogP contribution in [0.15, 0.2) is 43.1 Å². The molecule has 1 amide bonds. The number of hydrogen-bond donors (Lipinski definition) is 0. The quantitative estimate of drug-likeness (QED) is 0.760. The first-order valence-electron chi connectivity index (χ1n) is 5.80. The molecule has 0 aromatic heterocycles. The molecule has 1 aromatic rings. The Morgan fingerprint density at radius 1 is 1.28 bits per heavy atom. The van der Waals surface area contributed by atoms with E-state index in [0.717, 1.165) is 16.8 Å². The zero-order chi connectivity index (χ0) is 13.7. The summed E-state index contributed by atoms with van der Waals surface area (Å²) in [6.07, 6.45) is 3.90. The average molecular weight is 244 g/mol. The second-order valence-electron chi connectivity index (χ2n) is 4.43. The van der Waals surface area contributed by atoms with Gasteiger partial charge in [-0.2, -0.15) is 0 Å². The number of carbonyl (C=O) groups excluding carboxylic acids is 1. The highest BCUT2D eigenvalue weighted by Gasteiger charge is 2.06. The molecule has 0 radical (unpaired) electrons. The van der Waals surface area contributed by atoms with E-state index in [0.29, 0.717) is 0 Å². The standard InChI is InChI=1S/C15H20N2O/c1-12(9-10-16(3)4)14-7-6-8-15(11-14)17(5)13(2)18/h6-11H,1H2,2-5H3/b10-9+. The maximum Gasteiger partial charge on any atom is 0.223 e. The second-order valence-corrected chi connectivity index (χ2v) is 4.43. The molecule has 0 aliphatic carbocycles. The number of amides is 1. The van der Waals surface area contributed by atoms with Crippen LogP contribution in [0.3, 0.4) is 0 Å². The van der Waals surface area contributed by atoms with Crippen LogP contribution in [-0.4, -0.2) is 32.0 Å². The van der Waals surface area contributed by atoms with E-state index in [1.54, 1.807) is 18.9 Å². The number of benzene rings is 1. The van der Waals surface area contributed by atoms with E-state index in [1.165, 1.54) is 0 Å². The first kappa shape index (κ1) is 14.0. The fraction of sp³-hybridized carbons (Fsp3) is 0.267. The van der Waals surface area contributed by atoms with E-state index in [4.69, 9.17) is 0 Å². The largest absolute Gasteiger partial charge is 0.383 e. The Labute approximate surface area is 109 Å². The number of hydrogen-bond acceptors (Lipinski definition) is 2. The Kier molecular flexibility index (Phi) is 4.72. The number of allylic oxidation sites excluding steroid dienone is 2. The van der Waals surface area contributed by atoms with Crippen LogP contribution < -0.4 is 4.90 Å². The van der Waals surface area contributed by atoms with Crippen LogP contribution in [0.5, 0.6) is 0 Å². The van der Waals surface area contributed by atoms with Crippen LogP contribution in [0, 0.1) is 0 Å². The third-order valence-corrected chi connectivity index (χ3v) is 2.65. The minimum absolute atomic E-state index is 0.0154.